The molecule has 0 aromatic heterocycles. The van der Waals surface area contributed by atoms with Crippen LogP contribution in [0.3, 0.4) is 0 Å². The van der Waals surface area contributed by atoms with E-state index in [1.165, 1.54) is 18.4 Å². The summed E-state index contributed by atoms with van der Waals surface area (Å²) in [6.45, 7) is 2.82. The standard InChI is InChI=1S/C19H22ClNO/c1-14(21(2)18-10-11-18)16-4-3-5-19(12-16)22-13-15-6-8-17(20)9-7-15/h3-9,12,14,18H,10-11,13H2,1-2H3. The second kappa shape index (κ2) is 6.72. The van der Waals surface area contributed by atoms with Gasteiger partial charge in [-0.1, -0.05) is 35.9 Å². The van der Waals surface area contributed by atoms with E-state index in [2.05, 4.69) is 37.1 Å². The Morgan fingerprint density at radius 3 is 2.59 bits per heavy atom. The van der Waals surface area contributed by atoms with E-state index in [4.69, 9.17) is 16.3 Å². The Morgan fingerprint density at radius 2 is 1.91 bits per heavy atom. The van der Waals surface area contributed by atoms with Crippen LogP contribution in [0.2, 0.25) is 5.02 Å². The van der Waals surface area contributed by atoms with E-state index in [-0.39, 0.29) is 0 Å². The molecule has 2 aromatic rings. The fourth-order valence-corrected chi connectivity index (χ4v) is 2.77. The first-order chi connectivity index (χ1) is 10.6. The first-order valence-electron chi connectivity index (χ1n) is 7.82. The molecule has 1 aliphatic carbocycles. The van der Waals surface area contributed by atoms with Crippen LogP contribution in [-0.4, -0.2) is 18.0 Å². The summed E-state index contributed by atoms with van der Waals surface area (Å²) >= 11 is 5.90. The van der Waals surface area contributed by atoms with Crippen LogP contribution >= 0.6 is 11.6 Å². The lowest BCUT2D eigenvalue weighted by Gasteiger charge is -2.25. The highest BCUT2D eigenvalue weighted by Gasteiger charge is 2.29. The summed E-state index contributed by atoms with van der Waals surface area (Å²) in [4.78, 5) is 2.46. The van der Waals surface area contributed by atoms with E-state index in [1.807, 2.05) is 30.3 Å². The van der Waals surface area contributed by atoms with Gasteiger partial charge in [-0.05, 0) is 62.2 Å². The van der Waals surface area contributed by atoms with Crippen molar-refractivity contribution in [1.29, 1.82) is 0 Å². The Bertz CT molecular complexity index is 622. The summed E-state index contributed by atoms with van der Waals surface area (Å²) in [5, 5.41) is 0.752. The first kappa shape index (κ1) is 15.4. The predicted octanol–water partition coefficient (Wildman–Crippen LogP) is 5.07. The van der Waals surface area contributed by atoms with Crippen LogP contribution in [0.1, 0.15) is 36.9 Å². The van der Waals surface area contributed by atoms with Gasteiger partial charge in [0.15, 0.2) is 0 Å². The van der Waals surface area contributed by atoms with E-state index in [1.54, 1.807) is 0 Å². The highest BCUT2D eigenvalue weighted by molar-refractivity contribution is 6.30. The summed E-state index contributed by atoms with van der Waals surface area (Å²) in [7, 11) is 2.21. The van der Waals surface area contributed by atoms with E-state index < -0.39 is 0 Å². The van der Waals surface area contributed by atoms with Crippen molar-refractivity contribution in [2.24, 2.45) is 0 Å². The van der Waals surface area contributed by atoms with Crippen molar-refractivity contribution in [3.05, 3.63) is 64.7 Å². The van der Waals surface area contributed by atoms with Gasteiger partial charge >= 0.3 is 0 Å². The van der Waals surface area contributed by atoms with Gasteiger partial charge in [-0.2, -0.15) is 0 Å². The Morgan fingerprint density at radius 1 is 1.18 bits per heavy atom. The van der Waals surface area contributed by atoms with Crippen LogP contribution in [0.25, 0.3) is 0 Å². The zero-order valence-electron chi connectivity index (χ0n) is 13.1. The van der Waals surface area contributed by atoms with E-state index in [0.29, 0.717) is 12.6 Å². The summed E-state index contributed by atoms with van der Waals surface area (Å²) < 4.78 is 5.92. The summed E-state index contributed by atoms with van der Waals surface area (Å²) in [5.74, 6) is 0.920. The number of hydrogen-bond donors (Lipinski definition) is 0. The minimum atomic E-state index is 0.423. The Balaban J connectivity index is 1.64. The smallest absolute Gasteiger partial charge is 0.120 e. The van der Waals surface area contributed by atoms with Crippen molar-refractivity contribution >= 4 is 11.6 Å². The fraction of sp³-hybridized carbons (Fsp3) is 0.368. The predicted molar refractivity (Wildman–Crippen MR) is 91.4 cm³/mol. The van der Waals surface area contributed by atoms with Gasteiger partial charge in [0.1, 0.15) is 12.4 Å². The van der Waals surface area contributed by atoms with Gasteiger partial charge < -0.3 is 4.74 Å². The molecule has 3 rings (SSSR count). The van der Waals surface area contributed by atoms with Gasteiger partial charge in [-0.15, -0.1) is 0 Å². The quantitative estimate of drug-likeness (QED) is 0.737. The largest absolute Gasteiger partial charge is 0.489 e. The molecular formula is C19H22ClNO. The van der Waals surface area contributed by atoms with Crippen molar-refractivity contribution in [3.8, 4) is 5.75 Å². The zero-order valence-corrected chi connectivity index (χ0v) is 13.9. The third kappa shape index (κ3) is 3.82. The van der Waals surface area contributed by atoms with E-state index >= 15 is 0 Å². The van der Waals surface area contributed by atoms with Crippen molar-refractivity contribution in [2.45, 2.75) is 38.5 Å². The molecule has 1 aliphatic rings. The Hall–Kier alpha value is -1.51. The highest BCUT2D eigenvalue weighted by Crippen LogP contribution is 2.33. The van der Waals surface area contributed by atoms with Crippen molar-refractivity contribution in [2.75, 3.05) is 7.05 Å². The first-order valence-corrected chi connectivity index (χ1v) is 8.20. The number of ether oxygens (including phenoxy) is 1. The van der Waals surface area contributed by atoms with Crippen molar-refractivity contribution < 1.29 is 4.74 Å². The SMILES string of the molecule is CC(c1cccc(OCc2ccc(Cl)cc2)c1)N(C)C1CC1. The minimum Gasteiger partial charge on any atom is -0.489 e. The summed E-state index contributed by atoms with van der Waals surface area (Å²) in [6, 6.07) is 17.4. The van der Waals surface area contributed by atoms with Crippen LogP contribution in [0.5, 0.6) is 5.75 Å². The molecule has 0 bridgehead atoms. The number of halogens is 1. The lowest BCUT2D eigenvalue weighted by Crippen LogP contribution is -2.24. The molecule has 1 atom stereocenters. The molecule has 0 radical (unpaired) electrons. The van der Waals surface area contributed by atoms with Gasteiger partial charge in [0, 0.05) is 17.1 Å². The summed E-state index contributed by atoms with van der Waals surface area (Å²) in [5.41, 5.74) is 2.43. The third-order valence-corrected chi connectivity index (χ3v) is 4.64. The van der Waals surface area contributed by atoms with Crippen LogP contribution < -0.4 is 4.74 Å². The minimum absolute atomic E-state index is 0.423. The van der Waals surface area contributed by atoms with Crippen molar-refractivity contribution in [1.82, 2.24) is 4.90 Å². The Kier molecular flexibility index (Phi) is 4.70. The topological polar surface area (TPSA) is 12.5 Å². The third-order valence-electron chi connectivity index (χ3n) is 4.39. The Labute approximate surface area is 137 Å². The van der Waals surface area contributed by atoms with Crippen LogP contribution in [-0.2, 0) is 6.61 Å². The molecule has 1 saturated carbocycles. The molecule has 22 heavy (non-hydrogen) atoms. The normalized spacial score (nSPS) is 15.8. The number of rotatable bonds is 6. The molecular weight excluding hydrogens is 294 g/mol. The maximum absolute atomic E-state index is 5.92. The fourth-order valence-electron chi connectivity index (χ4n) is 2.64. The lowest BCUT2D eigenvalue weighted by atomic mass is 10.1. The molecule has 116 valence electrons. The van der Waals surface area contributed by atoms with Gasteiger partial charge in [0.05, 0.1) is 0 Å². The molecule has 0 N–H and O–H groups in total. The molecule has 0 saturated heterocycles. The zero-order chi connectivity index (χ0) is 15.5. The van der Waals surface area contributed by atoms with E-state index in [9.17, 15) is 0 Å². The van der Waals surface area contributed by atoms with Crippen LogP contribution in [0.15, 0.2) is 48.5 Å². The summed E-state index contributed by atoms with van der Waals surface area (Å²) in [6.07, 6.45) is 2.65. The van der Waals surface area contributed by atoms with Gasteiger partial charge in [-0.25, -0.2) is 0 Å². The van der Waals surface area contributed by atoms with Crippen LogP contribution in [0.4, 0.5) is 0 Å². The second-order valence-electron chi connectivity index (χ2n) is 6.06. The van der Waals surface area contributed by atoms with Gasteiger partial charge in [0.25, 0.3) is 0 Å². The molecule has 0 heterocycles. The number of hydrogen-bond acceptors (Lipinski definition) is 2. The maximum Gasteiger partial charge on any atom is 0.120 e. The van der Waals surface area contributed by atoms with Crippen molar-refractivity contribution in [3.63, 3.8) is 0 Å². The molecule has 3 heteroatoms. The van der Waals surface area contributed by atoms with Gasteiger partial charge in [0.2, 0.25) is 0 Å². The molecule has 0 amide bonds. The van der Waals surface area contributed by atoms with E-state index in [0.717, 1.165) is 22.4 Å². The lowest BCUT2D eigenvalue weighted by molar-refractivity contribution is 0.249. The maximum atomic E-state index is 5.92. The highest BCUT2D eigenvalue weighted by atomic mass is 35.5. The van der Waals surface area contributed by atoms with Gasteiger partial charge in [-0.3, -0.25) is 4.90 Å². The molecule has 1 fully saturated rings. The average Bonchev–Trinajstić information content (AvgIpc) is 3.38. The number of nitrogens with zero attached hydrogens (tertiary/aromatic N) is 1. The second-order valence-corrected chi connectivity index (χ2v) is 6.50. The molecule has 2 nitrogen and oxygen atoms in total. The molecule has 0 aliphatic heterocycles. The van der Waals surface area contributed by atoms with Crippen LogP contribution in [0, 0.1) is 0 Å². The molecule has 2 aromatic carbocycles. The average molecular weight is 316 g/mol. The number of benzene rings is 2. The monoisotopic (exact) mass is 315 g/mol. The molecule has 0 spiro atoms. The molecule has 1 unspecified atom stereocenters.